The third kappa shape index (κ3) is 3.60. The van der Waals surface area contributed by atoms with E-state index in [9.17, 15) is 26.3 Å². The number of benzene rings is 1. The van der Waals surface area contributed by atoms with E-state index in [1.54, 1.807) is 6.92 Å². The van der Waals surface area contributed by atoms with Crippen LogP contribution >= 0.6 is 27.3 Å². The first kappa shape index (κ1) is 16.4. The van der Waals surface area contributed by atoms with Gasteiger partial charge in [-0.05, 0) is 52.7 Å². The SMILES string of the molecule is Cc1sc(-c2cc(C(F)(F)F)cc(C(F)(F)F)c2)cc1Br. The summed E-state index contributed by atoms with van der Waals surface area (Å²) in [6, 6.07) is 3.09. The van der Waals surface area contributed by atoms with Gasteiger partial charge in [0.2, 0.25) is 0 Å². The number of halogens is 7. The third-order valence-electron chi connectivity index (χ3n) is 2.73. The van der Waals surface area contributed by atoms with Crippen molar-refractivity contribution in [3.05, 3.63) is 44.7 Å². The van der Waals surface area contributed by atoms with Gasteiger partial charge in [0.25, 0.3) is 0 Å². The Kier molecular flexibility index (Phi) is 4.14. The van der Waals surface area contributed by atoms with Crippen LogP contribution in [0, 0.1) is 6.92 Å². The number of thiophene rings is 1. The van der Waals surface area contributed by atoms with Crippen molar-refractivity contribution in [2.45, 2.75) is 19.3 Å². The highest BCUT2D eigenvalue weighted by Crippen LogP contribution is 2.41. The fraction of sp³-hybridized carbons (Fsp3) is 0.231. The summed E-state index contributed by atoms with van der Waals surface area (Å²) in [7, 11) is 0. The lowest BCUT2D eigenvalue weighted by Gasteiger charge is -2.13. The minimum absolute atomic E-state index is 0.101. The molecular weight excluding hydrogens is 382 g/mol. The van der Waals surface area contributed by atoms with Crippen molar-refractivity contribution in [2.24, 2.45) is 0 Å². The van der Waals surface area contributed by atoms with E-state index >= 15 is 0 Å². The Morgan fingerprint density at radius 3 is 1.67 bits per heavy atom. The summed E-state index contributed by atoms with van der Waals surface area (Å²) in [5, 5.41) is 0. The Balaban J connectivity index is 2.65. The molecule has 0 aliphatic heterocycles. The molecule has 1 heterocycles. The van der Waals surface area contributed by atoms with Crippen LogP contribution in [0.3, 0.4) is 0 Å². The number of alkyl halides is 6. The van der Waals surface area contributed by atoms with Crippen LogP contribution < -0.4 is 0 Å². The molecule has 0 N–H and O–H groups in total. The lowest BCUT2D eigenvalue weighted by molar-refractivity contribution is -0.143. The highest BCUT2D eigenvalue weighted by molar-refractivity contribution is 9.10. The van der Waals surface area contributed by atoms with E-state index in [0.29, 0.717) is 9.35 Å². The predicted molar refractivity (Wildman–Crippen MR) is 72.2 cm³/mol. The number of hydrogen-bond acceptors (Lipinski definition) is 1. The lowest BCUT2D eigenvalue weighted by Crippen LogP contribution is -2.10. The minimum atomic E-state index is -4.83. The molecule has 0 amide bonds. The van der Waals surface area contributed by atoms with Crippen molar-refractivity contribution in [3.8, 4) is 10.4 Å². The van der Waals surface area contributed by atoms with Crippen LogP contribution in [0.1, 0.15) is 16.0 Å². The summed E-state index contributed by atoms with van der Waals surface area (Å²) in [6.07, 6.45) is -9.67. The molecule has 0 saturated heterocycles. The average molecular weight is 389 g/mol. The Morgan fingerprint density at radius 2 is 1.33 bits per heavy atom. The predicted octanol–water partition coefficient (Wildman–Crippen LogP) is 6.52. The third-order valence-corrected chi connectivity index (χ3v) is 4.92. The van der Waals surface area contributed by atoms with Crippen molar-refractivity contribution >= 4 is 27.3 Å². The molecule has 0 spiro atoms. The molecule has 0 aliphatic carbocycles. The van der Waals surface area contributed by atoms with Gasteiger partial charge in [0.1, 0.15) is 0 Å². The zero-order valence-electron chi connectivity index (χ0n) is 10.4. The highest BCUT2D eigenvalue weighted by Gasteiger charge is 2.37. The average Bonchev–Trinajstić information content (AvgIpc) is 2.67. The molecule has 0 saturated carbocycles. The summed E-state index contributed by atoms with van der Waals surface area (Å²) in [6.45, 7) is 1.72. The molecule has 0 nitrogen and oxygen atoms in total. The molecule has 0 atom stereocenters. The van der Waals surface area contributed by atoms with Gasteiger partial charge in [-0.2, -0.15) is 26.3 Å². The highest BCUT2D eigenvalue weighted by atomic mass is 79.9. The van der Waals surface area contributed by atoms with Gasteiger partial charge in [-0.1, -0.05) is 0 Å². The second kappa shape index (κ2) is 5.31. The normalized spacial score (nSPS) is 12.8. The number of aryl methyl sites for hydroxylation is 1. The molecule has 0 fully saturated rings. The van der Waals surface area contributed by atoms with E-state index in [0.717, 1.165) is 28.3 Å². The zero-order chi connectivity index (χ0) is 16.0. The Hall–Kier alpha value is -1.02. The first-order chi connectivity index (χ1) is 9.48. The van der Waals surface area contributed by atoms with Crippen molar-refractivity contribution in [3.63, 3.8) is 0 Å². The Labute approximate surface area is 128 Å². The van der Waals surface area contributed by atoms with Crippen molar-refractivity contribution in [1.29, 1.82) is 0 Å². The molecule has 8 heteroatoms. The molecule has 2 aromatic rings. The molecule has 21 heavy (non-hydrogen) atoms. The van der Waals surface area contributed by atoms with Crippen LogP contribution in [0.25, 0.3) is 10.4 Å². The van der Waals surface area contributed by atoms with Gasteiger partial charge in [-0.3, -0.25) is 0 Å². The monoisotopic (exact) mass is 388 g/mol. The van der Waals surface area contributed by atoms with E-state index < -0.39 is 23.5 Å². The van der Waals surface area contributed by atoms with Gasteiger partial charge in [0, 0.05) is 14.2 Å². The fourth-order valence-electron chi connectivity index (χ4n) is 1.70. The van der Waals surface area contributed by atoms with Crippen LogP contribution in [0.4, 0.5) is 26.3 Å². The molecule has 0 aliphatic rings. The van der Waals surface area contributed by atoms with Crippen LogP contribution in [0.15, 0.2) is 28.7 Å². The maximum atomic E-state index is 12.8. The maximum absolute atomic E-state index is 12.8. The van der Waals surface area contributed by atoms with Gasteiger partial charge in [0.15, 0.2) is 0 Å². The van der Waals surface area contributed by atoms with Gasteiger partial charge in [-0.25, -0.2) is 0 Å². The molecule has 0 unspecified atom stereocenters. The van der Waals surface area contributed by atoms with E-state index in [4.69, 9.17) is 0 Å². The van der Waals surface area contributed by atoms with Gasteiger partial charge in [-0.15, -0.1) is 11.3 Å². The van der Waals surface area contributed by atoms with Crippen LogP contribution in [0.5, 0.6) is 0 Å². The summed E-state index contributed by atoms with van der Waals surface area (Å²) in [5.74, 6) is 0. The molecular formula is C13H7BrF6S. The standard InChI is InChI=1S/C13H7BrF6S/c1-6-10(14)5-11(21-6)7-2-8(12(15,16)17)4-9(3-7)13(18,19)20/h2-5H,1H3. The van der Waals surface area contributed by atoms with Crippen LogP contribution in [0.2, 0.25) is 0 Å². The number of hydrogen-bond donors (Lipinski definition) is 0. The van der Waals surface area contributed by atoms with Crippen molar-refractivity contribution < 1.29 is 26.3 Å². The molecule has 0 radical (unpaired) electrons. The number of rotatable bonds is 1. The molecule has 1 aromatic heterocycles. The van der Waals surface area contributed by atoms with E-state index in [2.05, 4.69) is 15.9 Å². The minimum Gasteiger partial charge on any atom is -0.166 e. The molecule has 114 valence electrons. The van der Waals surface area contributed by atoms with Crippen molar-refractivity contribution in [1.82, 2.24) is 0 Å². The molecule has 0 bridgehead atoms. The van der Waals surface area contributed by atoms with Crippen LogP contribution in [-0.2, 0) is 12.4 Å². The second-order valence-corrected chi connectivity index (χ2v) is 6.42. The van der Waals surface area contributed by atoms with Gasteiger partial charge >= 0.3 is 12.4 Å². The van der Waals surface area contributed by atoms with Gasteiger partial charge in [0.05, 0.1) is 11.1 Å². The zero-order valence-corrected chi connectivity index (χ0v) is 12.8. The second-order valence-electron chi connectivity index (χ2n) is 4.31. The summed E-state index contributed by atoms with van der Waals surface area (Å²) >= 11 is 4.32. The van der Waals surface area contributed by atoms with E-state index in [-0.39, 0.29) is 11.6 Å². The molecule has 1 aromatic carbocycles. The smallest absolute Gasteiger partial charge is 0.166 e. The van der Waals surface area contributed by atoms with Crippen LogP contribution in [-0.4, -0.2) is 0 Å². The Morgan fingerprint density at radius 1 is 0.857 bits per heavy atom. The fourth-order valence-corrected chi connectivity index (χ4v) is 3.22. The summed E-state index contributed by atoms with van der Waals surface area (Å²) < 4.78 is 77.2. The first-order valence-corrected chi connectivity index (χ1v) is 7.15. The topological polar surface area (TPSA) is 0 Å². The summed E-state index contributed by atoms with van der Waals surface area (Å²) in [5.41, 5.74) is -2.72. The molecule has 2 rings (SSSR count). The maximum Gasteiger partial charge on any atom is 0.416 e. The quantitative estimate of drug-likeness (QED) is 0.487. The van der Waals surface area contributed by atoms with Gasteiger partial charge < -0.3 is 0 Å². The lowest BCUT2D eigenvalue weighted by atomic mass is 10.0. The van der Waals surface area contributed by atoms with E-state index in [1.807, 2.05) is 0 Å². The van der Waals surface area contributed by atoms with E-state index in [1.165, 1.54) is 6.07 Å². The largest absolute Gasteiger partial charge is 0.416 e. The first-order valence-electron chi connectivity index (χ1n) is 5.54. The Bertz CT molecular complexity index is 617. The van der Waals surface area contributed by atoms with Crippen molar-refractivity contribution in [2.75, 3.05) is 0 Å². The summed E-state index contributed by atoms with van der Waals surface area (Å²) in [4.78, 5) is 1.12.